The molecule has 0 radical (unpaired) electrons. The van der Waals surface area contributed by atoms with E-state index in [1.165, 1.54) is 23.1 Å². The molecule has 0 bridgehead atoms. The van der Waals surface area contributed by atoms with Crippen molar-refractivity contribution in [2.24, 2.45) is 0 Å². The first-order chi connectivity index (χ1) is 11.4. The average molecular weight is 345 g/mol. The molecule has 0 N–H and O–H groups in total. The highest BCUT2D eigenvalue weighted by atomic mass is 19.4. The molecule has 1 aliphatic heterocycles. The Hall–Kier alpha value is -2.06. The maximum atomic E-state index is 12.2. The summed E-state index contributed by atoms with van der Waals surface area (Å²) in [4.78, 5) is 13.4. The van der Waals surface area contributed by atoms with E-state index in [9.17, 15) is 18.0 Å². The van der Waals surface area contributed by atoms with Crippen LogP contribution in [0.15, 0.2) is 36.9 Å². The van der Waals surface area contributed by atoms with Crippen LogP contribution in [0.3, 0.4) is 0 Å². The Morgan fingerprint density at radius 3 is 2.71 bits per heavy atom. The average Bonchev–Trinajstić information content (AvgIpc) is 3.04. The number of hydrogen-bond acceptors (Lipinski definition) is 4. The van der Waals surface area contributed by atoms with Crippen LogP contribution in [0.5, 0.6) is 5.75 Å². The van der Waals surface area contributed by atoms with Gasteiger partial charge in [-0.15, -0.1) is 0 Å². The lowest BCUT2D eigenvalue weighted by molar-refractivity contribution is -0.153. The van der Waals surface area contributed by atoms with Gasteiger partial charge in [-0.2, -0.15) is 13.2 Å². The molecule has 0 atom stereocenters. The molecule has 8 heteroatoms. The second-order valence-electron chi connectivity index (χ2n) is 5.15. The van der Waals surface area contributed by atoms with E-state index in [1.54, 1.807) is 12.1 Å². The minimum Gasteiger partial charge on any atom is -0.484 e. The third-order valence-electron chi connectivity index (χ3n) is 3.22. The van der Waals surface area contributed by atoms with Gasteiger partial charge in [-0.05, 0) is 23.8 Å². The number of carbonyl (C=O) groups is 1. The molecular formula is C16H18F3NO4. The van der Waals surface area contributed by atoms with E-state index in [1.807, 2.05) is 0 Å². The van der Waals surface area contributed by atoms with Crippen molar-refractivity contribution in [3.63, 3.8) is 0 Å². The van der Waals surface area contributed by atoms with E-state index >= 15 is 0 Å². The number of nitrogens with zero attached hydrogens (tertiary/aromatic N) is 1. The summed E-state index contributed by atoms with van der Waals surface area (Å²) in [5.74, 6) is -0.236. The summed E-state index contributed by atoms with van der Waals surface area (Å²) in [6.07, 6.45) is -3.75. The molecule has 1 aromatic rings. The van der Waals surface area contributed by atoms with E-state index in [0.717, 1.165) is 0 Å². The minimum absolute atomic E-state index is 0.0872. The van der Waals surface area contributed by atoms with E-state index in [-0.39, 0.29) is 24.7 Å². The van der Waals surface area contributed by atoms with E-state index in [4.69, 9.17) is 14.2 Å². The number of benzene rings is 1. The molecular weight excluding hydrogens is 327 g/mol. The third kappa shape index (κ3) is 5.86. The van der Waals surface area contributed by atoms with Crippen LogP contribution in [0.4, 0.5) is 13.2 Å². The van der Waals surface area contributed by atoms with Crippen LogP contribution < -0.4 is 4.74 Å². The van der Waals surface area contributed by atoms with E-state index in [2.05, 4.69) is 6.58 Å². The number of ether oxygens (including phenoxy) is 3. The van der Waals surface area contributed by atoms with Crippen molar-refractivity contribution in [1.82, 2.24) is 4.90 Å². The molecule has 1 aromatic carbocycles. The van der Waals surface area contributed by atoms with Crippen molar-refractivity contribution < 1.29 is 32.2 Å². The van der Waals surface area contributed by atoms with E-state index < -0.39 is 19.1 Å². The van der Waals surface area contributed by atoms with Gasteiger partial charge in [-0.1, -0.05) is 18.7 Å². The highest BCUT2D eigenvalue weighted by molar-refractivity contribution is 5.87. The first-order valence-electron chi connectivity index (χ1n) is 7.30. The molecule has 0 unspecified atom stereocenters. The quantitative estimate of drug-likeness (QED) is 0.713. The highest BCUT2D eigenvalue weighted by Gasteiger charge is 2.28. The van der Waals surface area contributed by atoms with Crippen LogP contribution in [0, 0.1) is 0 Å². The Morgan fingerprint density at radius 1 is 1.38 bits per heavy atom. The van der Waals surface area contributed by atoms with Crippen molar-refractivity contribution in [1.29, 1.82) is 0 Å². The summed E-state index contributed by atoms with van der Waals surface area (Å²) in [5, 5.41) is 0. The SMILES string of the molecule is C=CC(=O)N(Cc1cccc(OCC(F)(F)F)c1)CC1OCCO1. The van der Waals surface area contributed by atoms with Gasteiger partial charge in [0, 0.05) is 6.54 Å². The maximum Gasteiger partial charge on any atom is 0.422 e. The number of hydrogen-bond donors (Lipinski definition) is 0. The van der Waals surface area contributed by atoms with Gasteiger partial charge >= 0.3 is 6.18 Å². The molecule has 132 valence electrons. The number of amides is 1. The van der Waals surface area contributed by atoms with Gasteiger partial charge < -0.3 is 19.1 Å². The summed E-state index contributed by atoms with van der Waals surface area (Å²) in [7, 11) is 0. The zero-order valence-corrected chi connectivity index (χ0v) is 12.9. The van der Waals surface area contributed by atoms with Gasteiger partial charge in [-0.25, -0.2) is 0 Å². The lowest BCUT2D eigenvalue weighted by Crippen LogP contribution is -2.36. The van der Waals surface area contributed by atoms with Crippen molar-refractivity contribution in [3.05, 3.63) is 42.5 Å². The lowest BCUT2D eigenvalue weighted by Gasteiger charge is -2.24. The van der Waals surface area contributed by atoms with Crippen LogP contribution in [-0.4, -0.2) is 49.6 Å². The highest BCUT2D eigenvalue weighted by Crippen LogP contribution is 2.20. The molecule has 0 aromatic heterocycles. The molecule has 1 saturated heterocycles. The van der Waals surface area contributed by atoms with Gasteiger partial charge in [0.1, 0.15) is 5.75 Å². The van der Waals surface area contributed by atoms with Gasteiger partial charge in [-0.3, -0.25) is 4.79 Å². The zero-order chi connectivity index (χ0) is 17.6. The standard InChI is InChI=1S/C16H18F3NO4/c1-2-14(21)20(10-15-22-6-7-23-15)9-12-4-3-5-13(8-12)24-11-16(17,18)19/h2-5,8,15H,1,6-7,9-11H2. The second-order valence-corrected chi connectivity index (χ2v) is 5.15. The number of rotatable bonds is 7. The molecule has 1 amide bonds. The van der Waals surface area contributed by atoms with Crippen LogP contribution in [0.2, 0.25) is 0 Å². The van der Waals surface area contributed by atoms with Gasteiger partial charge in [0.05, 0.1) is 19.8 Å². The predicted octanol–water partition coefficient (Wildman–Crippen LogP) is 2.52. The predicted molar refractivity (Wildman–Crippen MR) is 79.3 cm³/mol. The van der Waals surface area contributed by atoms with Crippen molar-refractivity contribution in [3.8, 4) is 5.75 Å². The fraction of sp³-hybridized carbons (Fsp3) is 0.438. The monoisotopic (exact) mass is 345 g/mol. The van der Waals surface area contributed by atoms with Gasteiger partial charge in [0.2, 0.25) is 5.91 Å². The third-order valence-corrected chi connectivity index (χ3v) is 3.22. The van der Waals surface area contributed by atoms with Crippen LogP contribution in [0.25, 0.3) is 0 Å². The first kappa shape index (κ1) is 18.3. The van der Waals surface area contributed by atoms with Crippen LogP contribution in [0.1, 0.15) is 5.56 Å². The molecule has 0 spiro atoms. The Morgan fingerprint density at radius 2 is 2.08 bits per heavy atom. The van der Waals surface area contributed by atoms with Crippen molar-refractivity contribution in [2.75, 3.05) is 26.4 Å². The zero-order valence-electron chi connectivity index (χ0n) is 12.9. The molecule has 0 saturated carbocycles. The Balaban J connectivity index is 2.02. The summed E-state index contributed by atoms with van der Waals surface area (Å²) >= 11 is 0. The lowest BCUT2D eigenvalue weighted by atomic mass is 10.2. The second kappa shape index (κ2) is 8.16. The normalized spacial score (nSPS) is 15.3. The van der Waals surface area contributed by atoms with E-state index in [0.29, 0.717) is 18.8 Å². The van der Waals surface area contributed by atoms with Crippen molar-refractivity contribution in [2.45, 2.75) is 19.0 Å². The molecule has 1 aliphatic rings. The van der Waals surface area contributed by atoms with Crippen LogP contribution >= 0.6 is 0 Å². The molecule has 2 rings (SSSR count). The maximum absolute atomic E-state index is 12.2. The Bertz CT molecular complexity index is 571. The van der Waals surface area contributed by atoms with Gasteiger partial charge in [0.15, 0.2) is 12.9 Å². The summed E-state index contributed by atoms with van der Waals surface area (Å²) in [5.41, 5.74) is 0.628. The van der Waals surface area contributed by atoms with Crippen LogP contribution in [-0.2, 0) is 20.8 Å². The molecule has 5 nitrogen and oxygen atoms in total. The summed E-state index contributed by atoms with van der Waals surface area (Å²) < 4.78 is 52.0. The fourth-order valence-corrected chi connectivity index (χ4v) is 2.17. The largest absolute Gasteiger partial charge is 0.484 e. The number of alkyl halides is 3. The van der Waals surface area contributed by atoms with Gasteiger partial charge in [0.25, 0.3) is 0 Å². The molecule has 24 heavy (non-hydrogen) atoms. The summed E-state index contributed by atoms with van der Waals surface area (Å²) in [6, 6.07) is 6.16. The first-order valence-corrected chi connectivity index (χ1v) is 7.30. The topological polar surface area (TPSA) is 48.0 Å². The molecule has 1 heterocycles. The smallest absolute Gasteiger partial charge is 0.422 e. The molecule has 0 aliphatic carbocycles. The van der Waals surface area contributed by atoms with Crippen molar-refractivity contribution >= 4 is 5.91 Å². The number of halogens is 3. The Labute approximate surface area is 137 Å². The summed E-state index contributed by atoms with van der Waals surface area (Å²) in [6.45, 7) is 3.39. The Kier molecular flexibility index (Phi) is 6.22. The fourth-order valence-electron chi connectivity index (χ4n) is 2.17. The molecule has 1 fully saturated rings. The minimum atomic E-state index is -4.40. The number of carbonyl (C=O) groups excluding carboxylic acids is 1.